The highest BCUT2D eigenvalue weighted by molar-refractivity contribution is 14.1. The van der Waals surface area contributed by atoms with Crippen LogP contribution in [0.1, 0.15) is 44.9 Å². The van der Waals surface area contributed by atoms with E-state index in [9.17, 15) is 0 Å². The van der Waals surface area contributed by atoms with Gasteiger partial charge in [-0.3, -0.25) is 0 Å². The van der Waals surface area contributed by atoms with Gasteiger partial charge in [-0.2, -0.15) is 0 Å². The van der Waals surface area contributed by atoms with E-state index in [1.165, 1.54) is 55.3 Å². The Morgan fingerprint density at radius 3 is 2.28 bits per heavy atom. The van der Waals surface area contributed by atoms with Crippen LogP contribution < -0.4 is 0 Å². The van der Waals surface area contributed by atoms with Crippen LogP contribution in [0.2, 0.25) is 0 Å². The van der Waals surface area contributed by atoms with Crippen molar-refractivity contribution in [2.45, 2.75) is 51.0 Å². The molecule has 0 aromatic rings. The van der Waals surface area contributed by atoms with Gasteiger partial charge in [0.15, 0.2) is 5.90 Å². The minimum absolute atomic E-state index is 0.384. The minimum Gasteiger partial charge on any atom is -0.478 e. The number of nitrogens with zero attached hydrogens (tertiary/aromatic N) is 1. The Hall–Kier alpha value is 0.200. The average molecular weight is 359 g/mol. The summed E-state index contributed by atoms with van der Waals surface area (Å²) in [6.45, 7) is 0.861. The van der Waals surface area contributed by atoms with Crippen LogP contribution in [0, 0.1) is 23.2 Å². The van der Waals surface area contributed by atoms with Crippen molar-refractivity contribution in [1.82, 2.24) is 0 Å². The third-order valence-corrected chi connectivity index (χ3v) is 6.27. The third-order valence-electron chi connectivity index (χ3n) is 5.65. The summed E-state index contributed by atoms with van der Waals surface area (Å²) in [4.78, 5) is 4.96. The smallest absolute Gasteiger partial charge is 0.190 e. The van der Waals surface area contributed by atoms with Gasteiger partial charge in [0.2, 0.25) is 0 Å². The Balaban J connectivity index is 1.59. The molecule has 1 aliphatic heterocycles. The molecule has 1 heterocycles. The molecular weight excluding hydrogens is 337 g/mol. The maximum atomic E-state index is 6.05. The van der Waals surface area contributed by atoms with Crippen LogP contribution in [-0.4, -0.2) is 23.0 Å². The van der Waals surface area contributed by atoms with Crippen molar-refractivity contribution in [1.29, 1.82) is 0 Å². The predicted octanol–water partition coefficient (Wildman–Crippen LogP) is 3.83. The van der Waals surface area contributed by atoms with Crippen molar-refractivity contribution >= 4 is 28.5 Å². The van der Waals surface area contributed by atoms with E-state index in [0.717, 1.165) is 24.4 Å². The predicted molar refractivity (Wildman–Crippen MR) is 81.3 cm³/mol. The molecule has 18 heavy (non-hydrogen) atoms. The van der Waals surface area contributed by atoms with Gasteiger partial charge in [0, 0.05) is 9.84 Å². The Labute approximate surface area is 123 Å². The van der Waals surface area contributed by atoms with Gasteiger partial charge in [-0.25, -0.2) is 4.99 Å². The van der Waals surface area contributed by atoms with Crippen LogP contribution in [-0.2, 0) is 4.74 Å². The first-order chi connectivity index (χ1) is 8.77. The number of hydrogen-bond donors (Lipinski definition) is 0. The van der Waals surface area contributed by atoms with Crippen molar-refractivity contribution < 1.29 is 4.74 Å². The molecule has 4 bridgehead atoms. The van der Waals surface area contributed by atoms with Gasteiger partial charge in [0.05, 0.1) is 6.04 Å². The molecular formula is C15H22INO. The van der Waals surface area contributed by atoms with Crippen LogP contribution in [0.5, 0.6) is 0 Å². The monoisotopic (exact) mass is 359 g/mol. The number of alkyl halides is 1. The molecule has 0 amide bonds. The zero-order valence-electron chi connectivity index (χ0n) is 10.9. The summed E-state index contributed by atoms with van der Waals surface area (Å²) in [6.07, 6.45) is 9.85. The highest BCUT2D eigenvalue weighted by atomic mass is 127. The molecule has 4 aliphatic carbocycles. The van der Waals surface area contributed by atoms with Gasteiger partial charge >= 0.3 is 0 Å². The van der Waals surface area contributed by atoms with Gasteiger partial charge in [0.25, 0.3) is 0 Å². The molecule has 0 radical (unpaired) electrons. The van der Waals surface area contributed by atoms with Crippen molar-refractivity contribution in [3.05, 3.63) is 0 Å². The fourth-order valence-electron chi connectivity index (χ4n) is 5.35. The van der Waals surface area contributed by atoms with Gasteiger partial charge in [-0.1, -0.05) is 22.6 Å². The summed E-state index contributed by atoms with van der Waals surface area (Å²) in [7, 11) is 0. The molecule has 0 aromatic heterocycles. The zero-order chi connectivity index (χ0) is 12.2. The number of ether oxygens (including phenoxy) is 1. The second-order valence-corrected chi connectivity index (χ2v) is 8.15. The summed E-state index contributed by atoms with van der Waals surface area (Å²) in [5.41, 5.74) is 0.384. The van der Waals surface area contributed by atoms with E-state index >= 15 is 0 Å². The highest BCUT2D eigenvalue weighted by Gasteiger charge is 2.55. The molecule has 1 atom stereocenters. The quantitative estimate of drug-likeness (QED) is 0.555. The summed E-state index contributed by atoms with van der Waals surface area (Å²) < 4.78 is 7.25. The second-order valence-electron chi connectivity index (χ2n) is 7.07. The minimum atomic E-state index is 0.384. The fraction of sp³-hybridized carbons (Fsp3) is 0.933. The second kappa shape index (κ2) is 4.35. The molecule has 0 N–H and O–H groups in total. The zero-order valence-corrected chi connectivity index (χ0v) is 13.1. The molecule has 100 valence electrons. The summed E-state index contributed by atoms with van der Waals surface area (Å²) in [5.74, 6) is 4.15. The first kappa shape index (κ1) is 12.0. The third kappa shape index (κ3) is 1.83. The molecule has 2 nitrogen and oxygen atoms in total. The Bertz CT molecular complexity index is 343. The van der Waals surface area contributed by atoms with Gasteiger partial charge in [0.1, 0.15) is 6.61 Å². The Morgan fingerprint density at radius 1 is 1.11 bits per heavy atom. The van der Waals surface area contributed by atoms with E-state index in [-0.39, 0.29) is 0 Å². The van der Waals surface area contributed by atoms with Crippen LogP contribution in [0.4, 0.5) is 0 Å². The molecule has 0 aromatic carbocycles. The molecule has 4 fully saturated rings. The summed E-state index contributed by atoms with van der Waals surface area (Å²) in [6, 6.07) is 0.463. The van der Waals surface area contributed by atoms with Crippen molar-refractivity contribution in [3.63, 3.8) is 0 Å². The number of halogens is 1. The number of rotatable bonds is 3. The van der Waals surface area contributed by atoms with E-state index in [0.29, 0.717) is 11.5 Å². The maximum Gasteiger partial charge on any atom is 0.190 e. The standard InChI is InChI=1S/C15H22INO/c16-2-1-13-9-18-14(17-13)15-6-10-3-11(7-15)5-12(4-10)8-15/h10-13H,1-9H2/t10?,11?,12?,13-,15?/m0/s1. The van der Waals surface area contributed by atoms with E-state index in [1.54, 1.807) is 0 Å². The average Bonchev–Trinajstić information content (AvgIpc) is 2.77. The molecule has 5 aliphatic rings. The van der Waals surface area contributed by atoms with Crippen molar-refractivity contribution in [2.24, 2.45) is 28.2 Å². The molecule has 0 saturated heterocycles. The highest BCUT2D eigenvalue weighted by Crippen LogP contribution is 2.61. The summed E-state index contributed by atoms with van der Waals surface area (Å²) >= 11 is 2.45. The number of hydrogen-bond acceptors (Lipinski definition) is 2. The van der Waals surface area contributed by atoms with Crippen LogP contribution in [0.3, 0.4) is 0 Å². The summed E-state index contributed by atoms with van der Waals surface area (Å²) in [5, 5.41) is 0. The van der Waals surface area contributed by atoms with E-state index < -0.39 is 0 Å². The van der Waals surface area contributed by atoms with E-state index in [2.05, 4.69) is 22.6 Å². The topological polar surface area (TPSA) is 21.6 Å². The van der Waals surface area contributed by atoms with Crippen LogP contribution in [0.15, 0.2) is 4.99 Å². The van der Waals surface area contributed by atoms with Gasteiger partial charge in [-0.05, 0) is 62.7 Å². The van der Waals surface area contributed by atoms with Crippen LogP contribution in [0.25, 0.3) is 0 Å². The van der Waals surface area contributed by atoms with E-state index in [4.69, 9.17) is 9.73 Å². The Morgan fingerprint density at radius 2 is 1.72 bits per heavy atom. The maximum absolute atomic E-state index is 6.05. The molecule has 0 unspecified atom stereocenters. The lowest BCUT2D eigenvalue weighted by Gasteiger charge is -2.56. The number of aliphatic imine (C=N–C) groups is 1. The molecule has 5 rings (SSSR count). The normalized spacial score (nSPS) is 49.3. The van der Waals surface area contributed by atoms with Gasteiger partial charge < -0.3 is 4.74 Å². The van der Waals surface area contributed by atoms with Gasteiger partial charge in [-0.15, -0.1) is 0 Å². The van der Waals surface area contributed by atoms with Crippen molar-refractivity contribution in [3.8, 4) is 0 Å². The first-order valence-corrected chi connectivity index (χ1v) is 9.07. The largest absolute Gasteiger partial charge is 0.478 e. The SMILES string of the molecule is ICC[C@H]1COC(C23CC4CC(CC(C4)C2)C3)=N1. The first-order valence-electron chi connectivity index (χ1n) is 7.54. The molecule has 3 heteroatoms. The Kier molecular flexibility index (Phi) is 2.90. The molecule has 0 spiro atoms. The van der Waals surface area contributed by atoms with Crippen molar-refractivity contribution in [2.75, 3.05) is 11.0 Å². The fourth-order valence-corrected chi connectivity index (χ4v) is 6.07. The lowest BCUT2D eigenvalue weighted by molar-refractivity contribution is -0.0226. The molecule has 4 saturated carbocycles. The lowest BCUT2D eigenvalue weighted by Crippen LogP contribution is -2.50. The van der Waals surface area contributed by atoms with E-state index in [1.807, 2.05) is 0 Å². The van der Waals surface area contributed by atoms with Crippen LogP contribution >= 0.6 is 22.6 Å². The lowest BCUT2D eigenvalue weighted by atomic mass is 9.49.